The first-order chi connectivity index (χ1) is 21.0. The fourth-order valence-electron chi connectivity index (χ4n) is 7.15. The summed E-state index contributed by atoms with van der Waals surface area (Å²) in [5, 5.41) is 2.61. The molecule has 0 atom stereocenters. The Balaban J connectivity index is 1.21. The van der Waals surface area contributed by atoms with Crippen LogP contribution in [-0.2, 0) is 12.0 Å². The highest BCUT2D eigenvalue weighted by atomic mass is 15.1. The van der Waals surface area contributed by atoms with Crippen LogP contribution < -0.4 is 4.90 Å². The molecule has 1 aliphatic rings. The van der Waals surface area contributed by atoms with E-state index in [4.69, 9.17) is 0 Å². The monoisotopic (exact) mass is 555 g/mol. The first kappa shape index (κ1) is 25.6. The topological polar surface area (TPSA) is 21.1 Å². The quantitative estimate of drug-likeness (QED) is 0.211. The van der Waals surface area contributed by atoms with Crippen molar-refractivity contribution in [2.45, 2.75) is 32.7 Å². The van der Waals surface area contributed by atoms with E-state index in [9.17, 15) is 0 Å². The van der Waals surface area contributed by atoms with E-state index < -0.39 is 0 Å². The highest BCUT2D eigenvalue weighted by molar-refractivity contribution is 6.09. The summed E-state index contributed by atoms with van der Waals surface area (Å²) in [6.45, 7) is 7.84. The molecule has 0 unspecified atom stereocenters. The number of hydrogen-bond acceptors (Lipinski definition) is 2. The second-order valence-corrected chi connectivity index (χ2v) is 12.0. The summed E-state index contributed by atoms with van der Waals surface area (Å²) < 4.78 is 2.40. The van der Waals surface area contributed by atoms with Gasteiger partial charge in [0.1, 0.15) is 0 Å². The summed E-state index contributed by atoms with van der Waals surface area (Å²) >= 11 is 0. The van der Waals surface area contributed by atoms with Crippen molar-refractivity contribution in [3.8, 4) is 22.3 Å². The zero-order valence-corrected chi connectivity index (χ0v) is 24.8. The maximum atomic E-state index is 4.30. The SMILES string of the molecule is CCn1c2ccccc2c2cc(-c3ccc(N(c4ccncc4)c4ccc5c(c4)C(C)(C)c4ccccc4-5)cc3)ccc21. The van der Waals surface area contributed by atoms with E-state index in [1.54, 1.807) is 0 Å². The first-order valence-electron chi connectivity index (χ1n) is 15.1. The van der Waals surface area contributed by atoms with Crippen molar-refractivity contribution in [3.63, 3.8) is 0 Å². The Morgan fingerprint density at radius 2 is 1.23 bits per heavy atom. The summed E-state index contributed by atoms with van der Waals surface area (Å²) in [5.74, 6) is 0. The van der Waals surface area contributed by atoms with Crippen LogP contribution in [0.5, 0.6) is 0 Å². The number of pyridine rings is 1. The summed E-state index contributed by atoms with van der Waals surface area (Å²) in [6, 6.07) is 44.5. The van der Waals surface area contributed by atoms with Gasteiger partial charge in [-0.3, -0.25) is 4.98 Å². The third-order valence-electron chi connectivity index (χ3n) is 9.29. The molecule has 1 aliphatic carbocycles. The van der Waals surface area contributed by atoms with Crippen LogP contribution in [0.3, 0.4) is 0 Å². The molecule has 0 spiro atoms. The third-order valence-corrected chi connectivity index (χ3v) is 9.29. The fourth-order valence-corrected chi connectivity index (χ4v) is 7.15. The number of fused-ring (bicyclic) bond motifs is 6. The second kappa shape index (κ2) is 9.71. The van der Waals surface area contributed by atoms with E-state index in [2.05, 4.69) is 157 Å². The Morgan fingerprint density at radius 1 is 0.581 bits per heavy atom. The van der Waals surface area contributed by atoms with E-state index in [0.717, 1.165) is 23.6 Å². The number of nitrogens with zero attached hydrogens (tertiary/aromatic N) is 3. The average molecular weight is 556 g/mol. The van der Waals surface area contributed by atoms with Gasteiger partial charge in [-0.05, 0) is 94.9 Å². The predicted octanol–water partition coefficient (Wildman–Crippen LogP) is 10.7. The molecule has 3 nitrogen and oxygen atoms in total. The Hall–Kier alpha value is -5.15. The zero-order chi connectivity index (χ0) is 29.1. The molecule has 0 amide bonds. The predicted molar refractivity (Wildman–Crippen MR) is 181 cm³/mol. The fraction of sp³-hybridized carbons (Fsp3) is 0.125. The lowest BCUT2D eigenvalue weighted by Crippen LogP contribution is -2.16. The maximum Gasteiger partial charge on any atom is 0.0492 e. The Labute approximate surface area is 252 Å². The van der Waals surface area contributed by atoms with Gasteiger partial charge in [0.2, 0.25) is 0 Å². The molecule has 2 heterocycles. The molecule has 0 N–H and O–H groups in total. The molecule has 0 fully saturated rings. The molecule has 0 bridgehead atoms. The average Bonchev–Trinajstić information content (AvgIpc) is 3.50. The molecular formula is C40H33N3. The van der Waals surface area contributed by atoms with Crippen molar-refractivity contribution >= 4 is 38.9 Å². The van der Waals surface area contributed by atoms with Crippen molar-refractivity contribution in [3.05, 3.63) is 145 Å². The van der Waals surface area contributed by atoms with Crippen LogP contribution in [0.15, 0.2) is 134 Å². The lowest BCUT2D eigenvalue weighted by Gasteiger charge is -2.28. The van der Waals surface area contributed by atoms with E-state index >= 15 is 0 Å². The van der Waals surface area contributed by atoms with E-state index in [1.165, 1.54) is 55.2 Å². The van der Waals surface area contributed by atoms with Crippen molar-refractivity contribution < 1.29 is 0 Å². The minimum atomic E-state index is -0.0603. The van der Waals surface area contributed by atoms with Gasteiger partial charge in [-0.1, -0.05) is 80.6 Å². The standard InChI is InChI=1S/C40H33N3/c1-4-42-38-12-8-6-10-34(38)35-25-28(15-20-39(35)42)27-13-16-29(17-14-27)43(30-21-23-41-24-22-30)31-18-19-33-32-9-5-7-11-36(32)40(2,3)37(33)26-31/h5-26H,4H2,1-3H3. The minimum absolute atomic E-state index is 0.0603. The van der Waals surface area contributed by atoms with E-state index in [0.29, 0.717) is 0 Å². The highest BCUT2D eigenvalue weighted by Crippen LogP contribution is 2.50. The first-order valence-corrected chi connectivity index (χ1v) is 15.1. The van der Waals surface area contributed by atoms with Crippen molar-refractivity contribution in [2.75, 3.05) is 4.90 Å². The number of aryl methyl sites for hydroxylation is 1. The van der Waals surface area contributed by atoms with Crippen LogP contribution in [0.1, 0.15) is 31.9 Å². The van der Waals surface area contributed by atoms with E-state index in [1.807, 2.05) is 12.4 Å². The molecule has 208 valence electrons. The van der Waals surface area contributed by atoms with Crippen molar-refractivity contribution in [1.29, 1.82) is 0 Å². The van der Waals surface area contributed by atoms with Crippen LogP contribution in [-0.4, -0.2) is 9.55 Å². The molecule has 0 saturated carbocycles. The van der Waals surface area contributed by atoms with Gasteiger partial charge in [0, 0.05) is 63.2 Å². The molecule has 2 aromatic heterocycles. The molecule has 5 aromatic carbocycles. The molecule has 0 aliphatic heterocycles. The number of hydrogen-bond donors (Lipinski definition) is 0. The van der Waals surface area contributed by atoms with Crippen LogP contribution in [0.2, 0.25) is 0 Å². The van der Waals surface area contributed by atoms with Crippen LogP contribution >= 0.6 is 0 Å². The molecular weight excluding hydrogens is 522 g/mol. The lowest BCUT2D eigenvalue weighted by molar-refractivity contribution is 0.660. The minimum Gasteiger partial charge on any atom is -0.341 e. The Bertz CT molecular complexity index is 2140. The summed E-state index contributed by atoms with van der Waals surface area (Å²) in [7, 11) is 0. The Morgan fingerprint density at radius 3 is 2.05 bits per heavy atom. The number of anilines is 3. The molecule has 7 aromatic rings. The molecule has 0 saturated heterocycles. The number of rotatable bonds is 5. The smallest absolute Gasteiger partial charge is 0.0492 e. The number of para-hydroxylation sites is 1. The Kier molecular flexibility index (Phi) is 5.77. The van der Waals surface area contributed by atoms with Crippen LogP contribution in [0, 0.1) is 0 Å². The van der Waals surface area contributed by atoms with Gasteiger partial charge in [-0.15, -0.1) is 0 Å². The maximum absolute atomic E-state index is 4.30. The van der Waals surface area contributed by atoms with Gasteiger partial charge < -0.3 is 9.47 Å². The molecule has 0 radical (unpaired) electrons. The second-order valence-electron chi connectivity index (χ2n) is 12.0. The van der Waals surface area contributed by atoms with Gasteiger partial charge in [0.25, 0.3) is 0 Å². The van der Waals surface area contributed by atoms with Crippen molar-refractivity contribution in [2.24, 2.45) is 0 Å². The summed E-state index contributed by atoms with van der Waals surface area (Å²) in [5.41, 5.74) is 13.7. The van der Waals surface area contributed by atoms with Gasteiger partial charge in [-0.2, -0.15) is 0 Å². The summed E-state index contributed by atoms with van der Waals surface area (Å²) in [4.78, 5) is 6.64. The normalized spacial score (nSPS) is 13.3. The third kappa shape index (κ3) is 3.92. The largest absolute Gasteiger partial charge is 0.341 e. The van der Waals surface area contributed by atoms with Gasteiger partial charge in [-0.25, -0.2) is 0 Å². The van der Waals surface area contributed by atoms with Gasteiger partial charge in [0.15, 0.2) is 0 Å². The van der Waals surface area contributed by atoms with Crippen molar-refractivity contribution in [1.82, 2.24) is 9.55 Å². The van der Waals surface area contributed by atoms with E-state index in [-0.39, 0.29) is 5.41 Å². The van der Waals surface area contributed by atoms with Crippen LogP contribution in [0.25, 0.3) is 44.1 Å². The summed E-state index contributed by atoms with van der Waals surface area (Å²) in [6.07, 6.45) is 3.73. The van der Waals surface area contributed by atoms with Gasteiger partial charge in [0.05, 0.1) is 0 Å². The lowest BCUT2D eigenvalue weighted by atomic mass is 9.82. The number of benzene rings is 5. The zero-order valence-electron chi connectivity index (χ0n) is 24.8. The molecule has 3 heteroatoms. The van der Waals surface area contributed by atoms with Gasteiger partial charge >= 0.3 is 0 Å². The molecule has 8 rings (SSSR count). The molecule has 43 heavy (non-hydrogen) atoms. The highest BCUT2D eigenvalue weighted by Gasteiger charge is 2.35. The number of aromatic nitrogens is 2. The van der Waals surface area contributed by atoms with Crippen LogP contribution in [0.4, 0.5) is 17.1 Å².